The first-order valence-corrected chi connectivity index (χ1v) is 20.3. The Labute approximate surface area is 340 Å². The SMILES string of the molecule is C=C/C=C\C1=C(C)C2(c3ccccc3-c3c2ccc2c4ccccc4n(-c4ccc(-c5ccccc5)cc4)c32)c2ccccc2C1c1ccccc1-c1ccccc1. The van der Waals surface area contributed by atoms with Crippen molar-refractivity contribution in [3.8, 4) is 39.1 Å². The van der Waals surface area contributed by atoms with Crippen LogP contribution >= 0.6 is 0 Å². The van der Waals surface area contributed by atoms with E-state index in [-0.39, 0.29) is 5.92 Å². The lowest BCUT2D eigenvalue weighted by atomic mass is 9.58. The maximum absolute atomic E-state index is 4.14. The van der Waals surface area contributed by atoms with Gasteiger partial charge in [-0.05, 0) is 91.9 Å². The van der Waals surface area contributed by atoms with Crippen molar-refractivity contribution in [3.05, 3.63) is 258 Å². The molecular weight excluding hydrogens is 699 g/mol. The molecule has 274 valence electrons. The normalized spacial score (nSPS) is 16.9. The summed E-state index contributed by atoms with van der Waals surface area (Å²) < 4.78 is 2.51. The zero-order valence-corrected chi connectivity index (χ0v) is 32.4. The minimum Gasteiger partial charge on any atom is -0.309 e. The van der Waals surface area contributed by atoms with Crippen molar-refractivity contribution in [1.82, 2.24) is 4.57 Å². The highest BCUT2D eigenvalue weighted by Gasteiger charge is 2.52. The van der Waals surface area contributed by atoms with E-state index in [4.69, 9.17) is 0 Å². The van der Waals surface area contributed by atoms with Gasteiger partial charge in [-0.15, -0.1) is 0 Å². The van der Waals surface area contributed by atoms with Crippen LogP contribution in [0.25, 0.3) is 60.9 Å². The third-order valence-electron chi connectivity index (χ3n) is 12.8. The van der Waals surface area contributed by atoms with E-state index in [2.05, 4.69) is 224 Å². The Morgan fingerprint density at radius 3 is 1.86 bits per heavy atom. The highest BCUT2D eigenvalue weighted by molar-refractivity contribution is 6.16. The molecule has 8 aromatic carbocycles. The number of fused-ring (bicyclic) bond motifs is 11. The minimum atomic E-state index is -0.520. The first-order valence-electron chi connectivity index (χ1n) is 20.3. The van der Waals surface area contributed by atoms with Crippen LogP contribution in [0, 0.1) is 0 Å². The van der Waals surface area contributed by atoms with Crippen molar-refractivity contribution in [2.24, 2.45) is 0 Å². The van der Waals surface area contributed by atoms with Crippen LogP contribution in [-0.2, 0) is 5.41 Å². The van der Waals surface area contributed by atoms with Crippen LogP contribution in [0.5, 0.6) is 0 Å². The highest BCUT2D eigenvalue weighted by Crippen LogP contribution is 2.63. The highest BCUT2D eigenvalue weighted by atomic mass is 15.0. The number of para-hydroxylation sites is 1. The molecule has 1 nitrogen and oxygen atoms in total. The molecule has 0 radical (unpaired) electrons. The Kier molecular flexibility index (Phi) is 7.91. The molecule has 1 heteroatoms. The Balaban J connectivity index is 1.23. The van der Waals surface area contributed by atoms with E-state index >= 15 is 0 Å². The van der Waals surface area contributed by atoms with Crippen molar-refractivity contribution in [1.29, 1.82) is 0 Å². The van der Waals surface area contributed by atoms with Gasteiger partial charge in [0.1, 0.15) is 0 Å². The molecule has 1 spiro atoms. The summed E-state index contributed by atoms with van der Waals surface area (Å²) in [4.78, 5) is 0. The molecule has 0 saturated carbocycles. The van der Waals surface area contributed by atoms with Crippen LogP contribution in [0.1, 0.15) is 40.7 Å². The van der Waals surface area contributed by atoms with Gasteiger partial charge in [0.2, 0.25) is 0 Å². The maximum atomic E-state index is 4.14. The smallest absolute Gasteiger partial charge is 0.0680 e. The molecule has 0 aliphatic heterocycles. The second-order valence-corrected chi connectivity index (χ2v) is 15.6. The van der Waals surface area contributed by atoms with Crippen molar-refractivity contribution >= 4 is 21.8 Å². The standard InChI is InChI=1S/C57H41N/c1-3-4-23-43-38(2)57(50-29-16-13-27-48(50)54(43)46-26-12-11-24-44(46)41-21-9-6-10-22-41)51-30-17-14-28-49(51)55-52(57)37-36-47-45-25-15-18-31-53(45)58(56(47)55)42-34-32-40(33-35-42)39-19-7-5-8-20-39/h3-37,54H,1H2,2H3/b23-4-. The lowest BCUT2D eigenvalue weighted by molar-refractivity contribution is 0.682. The Morgan fingerprint density at radius 2 is 1.10 bits per heavy atom. The first-order chi connectivity index (χ1) is 28.7. The molecule has 1 aromatic heterocycles. The van der Waals surface area contributed by atoms with Crippen LogP contribution in [0.4, 0.5) is 0 Å². The summed E-state index contributed by atoms with van der Waals surface area (Å²) in [7, 11) is 0. The monoisotopic (exact) mass is 739 g/mol. The van der Waals surface area contributed by atoms with E-state index in [9.17, 15) is 0 Å². The van der Waals surface area contributed by atoms with Gasteiger partial charge in [-0.2, -0.15) is 0 Å². The topological polar surface area (TPSA) is 4.93 Å². The molecule has 0 fully saturated rings. The van der Waals surface area contributed by atoms with Gasteiger partial charge in [0.15, 0.2) is 0 Å². The predicted molar refractivity (Wildman–Crippen MR) is 244 cm³/mol. The Hall–Kier alpha value is -7.22. The van der Waals surface area contributed by atoms with Gasteiger partial charge in [0.05, 0.1) is 16.4 Å². The molecule has 11 rings (SSSR count). The van der Waals surface area contributed by atoms with Gasteiger partial charge in [-0.3, -0.25) is 0 Å². The van der Waals surface area contributed by atoms with Crippen LogP contribution < -0.4 is 0 Å². The molecule has 2 aliphatic rings. The second-order valence-electron chi connectivity index (χ2n) is 15.6. The Morgan fingerprint density at radius 1 is 0.500 bits per heavy atom. The van der Waals surface area contributed by atoms with Crippen LogP contribution in [-0.4, -0.2) is 4.57 Å². The van der Waals surface area contributed by atoms with E-state index in [0.29, 0.717) is 0 Å². The molecule has 2 unspecified atom stereocenters. The van der Waals surface area contributed by atoms with Gasteiger partial charge < -0.3 is 4.57 Å². The van der Waals surface area contributed by atoms with E-state index < -0.39 is 5.41 Å². The Bertz CT molecular complexity index is 3120. The molecular formula is C57H41N. The summed E-state index contributed by atoms with van der Waals surface area (Å²) >= 11 is 0. The number of benzene rings is 8. The fourth-order valence-electron chi connectivity index (χ4n) is 10.5. The van der Waals surface area contributed by atoms with Crippen molar-refractivity contribution in [3.63, 3.8) is 0 Å². The summed E-state index contributed by atoms with van der Waals surface area (Å²) in [6, 6.07) is 71.7. The first kappa shape index (κ1) is 34.1. The van der Waals surface area contributed by atoms with E-state index in [1.807, 2.05) is 6.08 Å². The summed E-state index contributed by atoms with van der Waals surface area (Å²) in [6.45, 7) is 6.54. The van der Waals surface area contributed by atoms with Crippen molar-refractivity contribution < 1.29 is 0 Å². The van der Waals surface area contributed by atoms with Gasteiger partial charge >= 0.3 is 0 Å². The zero-order valence-electron chi connectivity index (χ0n) is 32.4. The number of nitrogens with zero attached hydrogens (tertiary/aromatic N) is 1. The third kappa shape index (κ3) is 4.83. The van der Waals surface area contributed by atoms with Crippen molar-refractivity contribution in [2.45, 2.75) is 18.3 Å². The average Bonchev–Trinajstić information content (AvgIpc) is 3.79. The van der Waals surface area contributed by atoms with Gasteiger partial charge in [0.25, 0.3) is 0 Å². The molecule has 0 N–H and O–H groups in total. The molecule has 9 aromatic rings. The molecule has 58 heavy (non-hydrogen) atoms. The third-order valence-corrected chi connectivity index (χ3v) is 12.8. The van der Waals surface area contributed by atoms with E-state index in [0.717, 1.165) is 5.69 Å². The summed E-state index contributed by atoms with van der Waals surface area (Å²) in [5.41, 5.74) is 19.9. The largest absolute Gasteiger partial charge is 0.309 e. The molecule has 1 heterocycles. The quantitative estimate of drug-likeness (QED) is 0.150. The van der Waals surface area contributed by atoms with Gasteiger partial charge in [-0.1, -0.05) is 201 Å². The number of allylic oxidation sites excluding steroid dienone is 5. The number of hydrogen-bond donors (Lipinski definition) is 0. The lowest BCUT2D eigenvalue weighted by Gasteiger charge is -2.44. The van der Waals surface area contributed by atoms with Crippen molar-refractivity contribution in [2.75, 3.05) is 0 Å². The molecule has 2 atom stereocenters. The van der Waals surface area contributed by atoms with Gasteiger partial charge in [-0.25, -0.2) is 0 Å². The molecule has 0 bridgehead atoms. The maximum Gasteiger partial charge on any atom is 0.0680 e. The van der Waals surface area contributed by atoms with Gasteiger partial charge in [0, 0.05) is 27.9 Å². The molecule has 0 saturated heterocycles. The van der Waals surface area contributed by atoms with E-state index in [1.165, 1.54) is 94.2 Å². The molecule has 2 aliphatic carbocycles. The average molecular weight is 740 g/mol. The minimum absolute atomic E-state index is 0.0175. The van der Waals surface area contributed by atoms with Crippen LogP contribution in [0.2, 0.25) is 0 Å². The fourth-order valence-corrected chi connectivity index (χ4v) is 10.5. The summed E-state index contributed by atoms with van der Waals surface area (Å²) in [5.74, 6) is 0.0175. The lowest BCUT2D eigenvalue weighted by Crippen LogP contribution is -2.35. The number of aromatic nitrogens is 1. The zero-order chi connectivity index (χ0) is 38.8. The summed E-state index contributed by atoms with van der Waals surface area (Å²) in [6.07, 6.45) is 6.37. The summed E-state index contributed by atoms with van der Waals surface area (Å²) in [5, 5.41) is 2.52. The predicted octanol–water partition coefficient (Wildman–Crippen LogP) is 14.6. The number of hydrogen-bond acceptors (Lipinski definition) is 0. The van der Waals surface area contributed by atoms with Crippen LogP contribution in [0.3, 0.4) is 0 Å². The van der Waals surface area contributed by atoms with E-state index in [1.54, 1.807) is 0 Å². The number of rotatable bonds is 6. The fraction of sp³-hybridized carbons (Fsp3) is 0.0526. The second kappa shape index (κ2) is 13.5. The molecule has 0 amide bonds. The van der Waals surface area contributed by atoms with Crippen LogP contribution in [0.15, 0.2) is 230 Å².